The maximum absolute atomic E-state index is 11.4. The van der Waals surface area contributed by atoms with Crippen molar-refractivity contribution in [3.63, 3.8) is 0 Å². The molecule has 6 heteroatoms. The highest BCUT2D eigenvalue weighted by Crippen LogP contribution is 2.08. The number of nitrogens with one attached hydrogen (secondary N) is 1. The summed E-state index contributed by atoms with van der Waals surface area (Å²) < 4.78 is 0. The van der Waals surface area contributed by atoms with Crippen molar-refractivity contribution in [3.05, 3.63) is 18.1 Å². The second kappa shape index (κ2) is 7.93. The molecule has 21 heavy (non-hydrogen) atoms. The number of amides is 1. The topological polar surface area (TPSA) is 61.4 Å². The van der Waals surface area contributed by atoms with Crippen LogP contribution in [-0.4, -0.2) is 58.4 Å². The van der Waals surface area contributed by atoms with Gasteiger partial charge in [-0.05, 0) is 12.8 Å². The van der Waals surface area contributed by atoms with E-state index in [2.05, 4.69) is 27.1 Å². The summed E-state index contributed by atoms with van der Waals surface area (Å²) >= 11 is 0. The number of hydrogen-bond acceptors (Lipinski definition) is 5. The molecule has 0 aromatic carbocycles. The van der Waals surface area contributed by atoms with Crippen molar-refractivity contribution in [2.45, 2.75) is 33.2 Å². The van der Waals surface area contributed by atoms with E-state index >= 15 is 0 Å². The Labute approximate surface area is 126 Å². The fourth-order valence-electron chi connectivity index (χ4n) is 2.45. The number of hydrogen-bond donors (Lipinski definition) is 1. The number of anilines is 1. The third-order valence-electron chi connectivity index (χ3n) is 3.68. The molecule has 0 radical (unpaired) electrons. The molecular formula is C15H25N5O. The van der Waals surface area contributed by atoms with Crippen molar-refractivity contribution < 1.29 is 4.79 Å². The van der Waals surface area contributed by atoms with Crippen LogP contribution in [-0.2, 0) is 11.3 Å². The van der Waals surface area contributed by atoms with Gasteiger partial charge in [0.1, 0.15) is 5.82 Å². The van der Waals surface area contributed by atoms with Crippen molar-refractivity contribution in [3.8, 4) is 0 Å². The minimum Gasteiger partial charge on any atom is -0.369 e. The summed E-state index contributed by atoms with van der Waals surface area (Å²) in [4.78, 5) is 24.5. The largest absolute Gasteiger partial charge is 0.369 e. The van der Waals surface area contributed by atoms with Gasteiger partial charge in [0.2, 0.25) is 5.91 Å². The molecule has 0 atom stereocenters. The Kier molecular flexibility index (Phi) is 5.92. The lowest BCUT2D eigenvalue weighted by atomic mass is 10.3. The van der Waals surface area contributed by atoms with Gasteiger partial charge in [0.15, 0.2) is 0 Å². The second-order valence-electron chi connectivity index (χ2n) is 5.46. The number of carbonyl (C=O) groups is 1. The molecule has 1 amide bonds. The van der Waals surface area contributed by atoms with Crippen molar-refractivity contribution in [2.75, 3.05) is 38.0 Å². The van der Waals surface area contributed by atoms with Gasteiger partial charge in [-0.3, -0.25) is 14.7 Å². The summed E-state index contributed by atoms with van der Waals surface area (Å²) in [7, 11) is 0. The third-order valence-corrected chi connectivity index (χ3v) is 3.68. The molecule has 1 aromatic rings. The Morgan fingerprint density at radius 2 is 2.10 bits per heavy atom. The fraction of sp³-hybridized carbons (Fsp3) is 0.667. The van der Waals surface area contributed by atoms with Gasteiger partial charge in [-0.2, -0.15) is 0 Å². The summed E-state index contributed by atoms with van der Waals surface area (Å²) in [5.41, 5.74) is 0.980. The second-order valence-corrected chi connectivity index (χ2v) is 5.46. The molecule has 1 aliphatic rings. The van der Waals surface area contributed by atoms with Crippen LogP contribution in [0.4, 0.5) is 5.82 Å². The third kappa shape index (κ3) is 4.97. The van der Waals surface area contributed by atoms with Gasteiger partial charge >= 0.3 is 0 Å². The maximum atomic E-state index is 11.4. The van der Waals surface area contributed by atoms with E-state index in [-0.39, 0.29) is 5.91 Å². The summed E-state index contributed by atoms with van der Waals surface area (Å²) in [6.07, 6.45) is 5.73. The Morgan fingerprint density at radius 3 is 2.76 bits per heavy atom. The molecule has 1 aliphatic heterocycles. The quantitative estimate of drug-likeness (QED) is 0.887. The van der Waals surface area contributed by atoms with Crippen LogP contribution in [0.5, 0.6) is 0 Å². The molecular weight excluding hydrogens is 266 g/mol. The first-order valence-electron chi connectivity index (χ1n) is 7.71. The Morgan fingerprint density at radius 1 is 1.24 bits per heavy atom. The predicted molar refractivity (Wildman–Crippen MR) is 83.0 cm³/mol. The first-order valence-corrected chi connectivity index (χ1v) is 7.71. The molecule has 2 rings (SSSR count). The number of carbonyl (C=O) groups excluding carboxylic acids is 1. The van der Waals surface area contributed by atoms with Crippen LogP contribution in [0.3, 0.4) is 0 Å². The SMILES string of the molecule is CCCNc1cnc(CN2CCCN(C(C)=O)CC2)cn1. The van der Waals surface area contributed by atoms with Crippen LogP contribution >= 0.6 is 0 Å². The van der Waals surface area contributed by atoms with Gasteiger partial charge in [0, 0.05) is 46.2 Å². The van der Waals surface area contributed by atoms with E-state index in [0.717, 1.165) is 63.6 Å². The molecule has 0 saturated carbocycles. The summed E-state index contributed by atoms with van der Waals surface area (Å²) in [5.74, 6) is 1.00. The molecule has 1 N–H and O–H groups in total. The summed E-state index contributed by atoms with van der Waals surface area (Å²) in [5, 5.41) is 3.22. The zero-order chi connectivity index (χ0) is 15.1. The van der Waals surface area contributed by atoms with Gasteiger partial charge in [-0.25, -0.2) is 4.98 Å². The molecule has 116 valence electrons. The van der Waals surface area contributed by atoms with Crippen molar-refractivity contribution in [1.82, 2.24) is 19.8 Å². The van der Waals surface area contributed by atoms with E-state index < -0.39 is 0 Å². The molecule has 0 spiro atoms. The zero-order valence-corrected chi connectivity index (χ0v) is 13.0. The van der Waals surface area contributed by atoms with E-state index in [1.54, 1.807) is 13.1 Å². The minimum absolute atomic E-state index is 0.169. The Hall–Kier alpha value is -1.69. The van der Waals surface area contributed by atoms with Crippen LogP contribution in [0.1, 0.15) is 32.4 Å². The average Bonchev–Trinajstić information content (AvgIpc) is 2.72. The van der Waals surface area contributed by atoms with Crippen LogP contribution in [0.2, 0.25) is 0 Å². The van der Waals surface area contributed by atoms with Crippen molar-refractivity contribution in [2.24, 2.45) is 0 Å². The number of nitrogens with zero attached hydrogens (tertiary/aromatic N) is 4. The summed E-state index contributed by atoms with van der Waals surface area (Å²) in [6, 6.07) is 0. The standard InChI is InChI=1S/C15H25N5O/c1-3-5-16-15-11-17-14(10-18-15)12-19-6-4-7-20(9-8-19)13(2)21/h10-11H,3-9,12H2,1-2H3,(H,16,18). The Balaban J connectivity index is 1.85. The number of aromatic nitrogens is 2. The lowest BCUT2D eigenvalue weighted by Crippen LogP contribution is -2.33. The first kappa shape index (κ1) is 15.7. The molecule has 1 aromatic heterocycles. The molecule has 2 heterocycles. The van der Waals surface area contributed by atoms with E-state index in [1.807, 2.05) is 11.1 Å². The maximum Gasteiger partial charge on any atom is 0.219 e. The van der Waals surface area contributed by atoms with Crippen molar-refractivity contribution in [1.29, 1.82) is 0 Å². The predicted octanol–water partition coefficient (Wildman–Crippen LogP) is 1.35. The van der Waals surface area contributed by atoms with Gasteiger partial charge < -0.3 is 10.2 Å². The van der Waals surface area contributed by atoms with Crippen LogP contribution in [0.25, 0.3) is 0 Å². The lowest BCUT2D eigenvalue weighted by molar-refractivity contribution is -0.128. The Bertz CT molecular complexity index is 448. The van der Waals surface area contributed by atoms with E-state index in [0.29, 0.717) is 0 Å². The van der Waals surface area contributed by atoms with Gasteiger partial charge in [0.05, 0.1) is 18.1 Å². The number of rotatable bonds is 5. The minimum atomic E-state index is 0.169. The molecule has 0 unspecified atom stereocenters. The average molecular weight is 291 g/mol. The van der Waals surface area contributed by atoms with Crippen LogP contribution in [0, 0.1) is 0 Å². The zero-order valence-electron chi connectivity index (χ0n) is 13.0. The molecule has 0 bridgehead atoms. The van der Waals surface area contributed by atoms with E-state index in [4.69, 9.17) is 0 Å². The lowest BCUT2D eigenvalue weighted by Gasteiger charge is -2.20. The van der Waals surface area contributed by atoms with Gasteiger partial charge in [0.25, 0.3) is 0 Å². The monoisotopic (exact) mass is 291 g/mol. The van der Waals surface area contributed by atoms with E-state index in [9.17, 15) is 4.79 Å². The van der Waals surface area contributed by atoms with Crippen molar-refractivity contribution >= 4 is 11.7 Å². The fourth-order valence-corrected chi connectivity index (χ4v) is 2.45. The molecule has 6 nitrogen and oxygen atoms in total. The highest BCUT2D eigenvalue weighted by molar-refractivity contribution is 5.73. The highest BCUT2D eigenvalue weighted by atomic mass is 16.2. The normalized spacial score (nSPS) is 16.6. The van der Waals surface area contributed by atoms with Crippen LogP contribution < -0.4 is 5.32 Å². The van der Waals surface area contributed by atoms with Gasteiger partial charge in [-0.15, -0.1) is 0 Å². The molecule has 0 aliphatic carbocycles. The molecule has 1 fully saturated rings. The smallest absolute Gasteiger partial charge is 0.219 e. The van der Waals surface area contributed by atoms with E-state index in [1.165, 1.54) is 0 Å². The van der Waals surface area contributed by atoms with Gasteiger partial charge in [-0.1, -0.05) is 6.92 Å². The molecule has 1 saturated heterocycles. The van der Waals surface area contributed by atoms with Crippen LogP contribution in [0.15, 0.2) is 12.4 Å². The first-order chi connectivity index (χ1) is 10.2. The highest BCUT2D eigenvalue weighted by Gasteiger charge is 2.16. The summed E-state index contributed by atoms with van der Waals surface area (Å²) in [6.45, 7) is 9.05.